The average molecular weight is 435 g/mol. The molecule has 0 unspecified atom stereocenters. The van der Waals surface area contributed by atoms with Crippen LogP contribution in [0.3, 0.4) is 0 Å². The highest BCUT2D eigenvalue weighted by atomic mass is 32.2. The van der Waals surface area contributed by atoms with E-state index in [4.69, 9.17) is 5.21 Å². The van der Waals surface area contributed by atoms with Crippen molar-refractivity contribution in [3.63, 3.8) is 0 Å². The Bertz CT molecular complexity index is 1150. The molecule has 0 radical (unpaired) electrons. The molecule has 1 aromatic carbocycles. The van der Waals surface area contributed by atoms with Crippen LogP contribution in [0.15, 0.2) is 46.7 Å². The number of hydrogen-bond donors (Lipinski definition) is 2. The number of thiophene rings is 2. The Labute approximate surface area is 171 Å². The minimum absolute atomic E-state index is 0.225. The largest absolute Gasteiger partial charge is 0.288 e. The first-order valence-electron chi connectivity index (χ1n) is 8.60. The molecule has 0 saturated carbocycles. The molecule has 1 amide bonds. The minimum atomic E-state index is -3.62. The Balaban J connectivity index is 1.59. The van der Waals surface area contributed by atoms with E-state index in [-0.39, 0.29) is 6.54 Å². The van der Waals surface area contributed by atoms with Crippen LogP contribution in [0.25, 0.3) is 10.4 Å². The van der Waals surface area contributed by atoms with Gasteiger partial charge in [0, 0.05) is 28.2 Å². The summed E-state index contributed by atoms with van der Waals surface area (Å²) in [5.74, 6) is -0.575. The lowest BCUT2D eigenvalue weighted by Gasteiger charge is -2.25. The van der Waals surface area contributed by atoms with Gasteiger partial charge in [0.25, 0.3) is 5.91 Å². The fraction of sp³-hybridized carbons (Fsp3) is 0.211. The van der Waals surface area contributed by atoms with Crippen molar-refractivity contribution in [3.8, 4) is 10.4 Å². The zero-order valence-corrected chi connectivity index (χ0v) is 17.5. The van der Waals surface area contributed by atoms with Crippen molar-refractivity contribution in [2.75, 3.05) is 6.54 Å². The second-order valence-electron chi connectivity index (χ2n) is 6.60. The maximum Gasteiger partial charge on any atom is 0.284 e. The number of carbonyl (C=O) groups excluding carboxylic acids is 1. The fourth-order valence-electron chi connectivity index (χ4n) is 3.23. The molecule has 3 heterocycles. The molecule has 0 saturated heterocycles. The van der Waals surface area contributed by atoms with E-state index in [0.717, 1.165) is 26.4 Å². The van der Waals surface area contributed by atoms with Crippen LogP contribution in [-0.4, -0.2) is 30.4 Å². The highest BCUT2D eigenvalue weighted by Gasteiger charge is 2.31. The lowest BCUT2D eigenvalue weighted by molar-refractivity contribution is 0.0711. The third-order valence-electron chi connectivity index (χ3n) is 4.67. The molecule has 1 aliphatic heterocycles. The lowest BCUT2D eigenvalue weighted by atomic mass is 10.1. The summed E-state index contributed by atoms with van der Waals surface area (Å²) in [6.07, 6.45) is 0.548. The molecule has 28 heavy (non-hydrogen) atoms. The molecule has 3 aromatic rings. The molecule has 0 spiro atoms. The number of nitrogens with zero attached hydrogens (tertiary/aromatic N) is 1. The first kappa shape index (κ1) is 19.3. The first-order chi connectivity index (χ1) is 13.4. The van der Waals surface area contributed by atoms with Gasteiger partial charge < -0.3 is 0 Å². The molecule has 146 valence electrons. The second kappa shape index (κ2) is 7.41. The van der Waals surface area contributed by atoms with Crippen LogP contribution >= 0.6 is 22.7 Å². The smallest absolute Gasteiger partial charge is 0.284 e. The molecular formula is C19H18N2O4S3. The summed E-state index contributed by atoms with van der Waals surface area (Å²) in [6, 6.07) is 11.4. The van der Waals surface area contributed by atoms with Gasteiger partial charge in [-0.2, -0.15) is 4.31 Å². The quantitative estimate of drug-likeness (QED) is 0.485. The van der Waals surface area contributed by atoms with E-state index in [2.05, 4.69) is 0 Å². The zero-order valence-electron chi connectivity index (χ0n) is 15.0. The lowest BCUT2D eigenvalue weighted by Crippen LogP contribution is -2.35. The van der Waals surface area contributed by atoms with Crippen LogP contribution in [-0.2, 0) is 23.0 Å². The Morgan fingerprint density at radius 3 is 2.82 bits per heavy atom. The summed E-state index contributed by atoms with van der Waals surface area (Å²) >= 11 is 2.70. The number of carbonyl (C=O) groups is 1. The maximum absolute atomic E-state index is 13.1. The third kappa shape index (κ3) is 3.51. The molecule has 0 bridgehead atoms. The highest BCUT2D eigenvalue weighted by molar-refractivity contribution is 7.89. The van der Waals surface area contributed by atoms with Crippen molar-refractivity contribution >= 4 is 38.6 Å². The number of fused-ring (bicyclic) bond motifs is 1. The van der Waals surface area contributed by atoms with Crippen LogP contribution in [0.5, 0.6) is 0 Å². The van der Waals surface area contributed by atoms with Crippen LogP contribution in [0, 0.1) is 6.92 Å². The Morgan fingerprint density at radius 2 is 2.07 bits per heavy atom. The Morgan fingerprint density at radius 1 is 1.25 bits per heavy atom. The normalized spacial score (nSPS) is 14.6. The van der Waals surface area contributed by atoms with Gasteiger partial charge in [-0.15, -0.1) is 22.7 Å². The fourth-order valence-corrected chi connectivity index (χ4v) is 6.97. The molecule has 2 N–H and O–H groups in total. The van der Waals surface area contributed by atoms with Gasteiger partial charge >= 0.3 is 0 Å². The summed E-state index contributed by atoms with van der Waals surface area (Å²) in [4.78, 5) is 14.2. The predicted molar refractivity (Wildman–Crippen MR) is 109 cm³/mol. The van der Waals surface area contributed by atoms with Crippen LogP contribution in [0.2, 0.25) is 0 Å². The molecule has 4 rings (SSSR count). The molecule has 6 nitrogen and oxygen atoms in total. The number of aryl methyl sites for hydroxylation is 1. The summed E-state index contributed by atoms with van der Waals surface area (Å²) in [5.41, 5.74) is 4.56. The van der Waals surface area contributed by atoms with E-state index in [0.29, 0.717) is 22.7 Å². The van der Waals surface area contributed by atoms with E-state index in [9.17, 15) is 13.2 Å². The molecule has 1 aliphatic rings. The average Bonchev–Trinajstić information content (AvgIpc) is 3.34. The van der Waals surface area contributed by atoms with Gasteiger partial charge in [0.15, 0.2) is 0 Å². The third-order valence-corrected chi connectivity index (χ3v) is 8.86. The summed E-state index contributed by atoms with van der Waals surface area (Å²) in [6.45, 7) is 2.60. The maximum atomic E-state index is 13.1. The van der Waals surface area contributed by atoms with Crippen LogP contribution in [0.1, 0.15) is 25.7 Å². The molecular weight excluding hydrogens is 416 g/mol. The Hall–Kier alpha value is -2.04. The van der Waals surface area contributed by atoms with Crippen molar-refractivity contribution in [1.82, 2.24) is 9.79 Å². The molecule has 2 aromatic heterocycles. The van der Waals surface area contributed by atoms with Gasteiger partial charge in [-0.1, -0.05) is 29.8 Å². The van der Waals surface area contributed by atoms with Crippen LogP contribution in [0.4, 0.5) is 0 Å². The van der Waals surface area contributed by atoms with E-state index in [1.165, 1.54) is 27.0 Å². The molecule has 0 aliphatic carbocycles. The Kier molecular flexibility index (Phi) is 5.11. The van der Waals surface area contributed by atoms with E-state index < -0.39 is 15.9 Å². The van der Waals surface area contributed by atoms with Crippen molar-refractivity contribution in [2.45, 2.75) is 24.8 Å². The summed E-state index contributed by atoms with van der Waals surface area (Å²) in [5, 5.41) is 10.5. The SMILES string of the molecule is Cc1cccc(-c2cc(S(=O)(=O)N3CCc4sc(C(=O)NO)cc4C3)cs2)c1. The number of sulfonamides is 1. The second-order valence-corrected chi connectivity index (χ2v) is 10.6. The minimum Gasteiger partial charge on any atom is -0.288 e. The van der Waals surface area contributed by atoms with Gasteiger partial charge in [0.05, 0.1) is 9.77 Å². The van der Waals surface area contributed by atoms with Gasteiger partial charge in [-0.3, -0.25) is 10.0 Å². The number of hydrogen-bond acceptors (Lipinski definition) is 6. The van der Waals surface area contributed by atoms with E-state index >= 15 is 0 Å². The predicted octanol–water partition coefficient (Wildman–Crippen LogP) is 3.65. The number of nitrogens with one attached hydrogen (secondary N) is 1. The molecule has 0 fully saturated rings. The van der Waals surface area contributed by atoms with Crippen molar-refractivity contribution in [3.05, 3.63) is 62.7 Å². The number of rotatable bonds is 4. The first-order valence-corrected chi connectivity index (χ1v) is 11.7. The number of hydroxylamine groups is 1. The monoisotopic (exact) mass is 434 g/mol. The number of benzene rings is 1. The zero-order chi connectivity index (χ0) is 19.9. The van der Waals surface area contributed by atoms with E-state index in [1.807, 2.05) is 31.2 Å². The summed E-state index contributed by atoms with van der Waals surface area (Å²) < 4.78 is 27.7. The van der Waals surface area contributed by atoms with Gasteiger partial charge in [-0.05, 0) is 36.6 Å². The van der Waals surface area contributed by atoms with Gasteiger partial charge in [0.1, 0.15) is 0 Å². The topological polar surface area (TPSA) is 86.7 Å². The van der Waals surface area contributed by atoms with Crippen LogP contribution < -0.4 is 5.48 Å². The molecule has 0 atom stereocenters. The standard InChI is InChI=1S/C19H18N2O4S3/c1-12-3-2-4-13(7-12)17-9-15(11-26-17)28(24,25)21-6-5-16-14(10-21)8-18(27-16)19(22)20-23/h2-4,7-9,11,23H,5-6,10H2,1H3,(H,20,22). The van der Waals surface area contributed by atoms with Gasteiger partial charge in [0.2, 0.25) is 10.0 Å². The summed E-state index contributed by atoms with van der Waals surface area (Å²) in [7, 11) is -3.62. The van der Waals surface area contributed by atoms with Gasteiger partial charge in [-0.25, -0.2) is 13.9 Å². The van der Waals surface area contributed by atoms with Crippen molar-refractivity contribution < 1.29 is 18.4 Å². The van der Waals surface area contributed by atoms with Crippen molar-refractivity contribution in [1.29, 1.82) is 0 Å². The van der Waals surface area contributed by atoms with Crippen molar-refractivity contribution in [2.24, 2.45) is 0 Å². The van der Waals surface area contributed by atoms with E-state index in [1.54, 1.807) is 23.0 Å². The highest BCUT2D eigenvalue weighted by Crippen LogP contribution is 2.34. The molecule has 9 heteroatoms. The number of amides is 1.